The molecule has 1 atom stereocenters. The molecule has 0 saturated carbocycles. The van der Waals surface area contributed by atoms with Crippen molar-refractivity contribution < 1.29 is 9.59 Å². The number of rotatable bonds is 5. The molecule has 21 heavy (non-hydrogen) atoms. The van der Waals surface area contributed by atoms with Gasteiger partial charge >= 0.3 is 0 Å². The van der Waals surface area contributed by atoms with Gasteiger partial charge in [-0.15, -0.1) is 0 Å². The predicted octanol–water partition coefficient (Wildman–Crippen LogP) is 1.69. The average molecular weight is 307 g/mol. The molecule has 110 valence electrons. The van der Waals surface area contributed by atoms with E-state index in [1.807, 2.05) is 0 Å². The van der Waals surface area contributed by atoms with Gasteiger partial charge in [0.15, 0.2) is 0 Å². The van der Waals surface area contributed by atoms with Gasteiger partial charge in [-0.25, -0.2) is 10.9 Å². The van der Waals surface area contributed by atoms with E-state index >= 15 is 0 Å². The molecule has 7 heteroatoms. The first-order valence-electron chi connectivity index (χ1n) is 6.48. The van der Waals surface area contributed by atoms with Gasteiger partial charge in [-0.1, -0.05) is 23.7 Å². The summed E-state index contributed by atoms with van der Waals surface area (Å²) in [5.41, 5.74) is 6.35. The zero-order valence-electron chi connectivity index (χ0n) is 11.5. The third kappa shape index (κ3) is 4.39. The third-order valence-corrected chi connectivity index (χ3v) is 3.35. The van der Waals surface area contributed by atoms with Crippen LogP contribution in [0.15, 0.2) is 34.5 Å². The minimum Gasteiger partial charge on any atom is -0.273 e. The summed E-state index contributed by atoms with van der Waals surface area (Å²) in [7, 11) is 0. The van der Waals surface area contributed by atoms with Crippen LogP contribution in [0.1, 0.15) is 25.3 Å². The Morgan fingerprint density at radius 2 is 2.19 bits per heavy atom. The average Bonchev–Trinajstić information content (AvgIpc) is 2.78. The molecule has 1 aromatic rings. The van der Waals surface area contributed by atoms with Crippen molar-refractivity contribution in [1.82, 2.24) is 10.9 Å². The second kappa shape index (κ2) is 6.99. The second-order valence-electron chi connectivity index (χ2n) is 4.67. The number of hydrogen-bond donors (Lipinski definition) is 2. The molecule has 0 radical (unpaired) electrons. The van der Waals surface area contributed by atoms with Crippen LogP contribution >= 0.6 is 11.6 Å². The largest absolute Gasteiger partial charge is 0.273 e. The highest BCUT2D eigenvalue weighted by Crippen LogP contribution is 2.13. The van der Waals surface area contributed by atoms with Crippen molar-refractivity contribution >= 4 is 35.3 Å². The van der Waals surface area contributed by atoms with Crippen LogP contribution in [-0.2, 0) is 9.59 Å². The lowest BCUT2D eigenvalue weighted by atomic mass is 9.99. The van der Waals surface area contributed by atoms with Gasteiger partial charge in [0.25, 0.3) is 0 Å². The lowest BCUT2D eigenvalue weighted by Crippen LogP contribution is -2.25. The molecular weight excluding hydrogens is 292 g/mol. The smallest absolute Gasteiger partial charge is 0.248 e. The normalized spacial score (nSPS) is 17.7. The molecule has 2 amide bonds. The van der Waals surface area contributed by atoms with Crippen molar-refractivity contribution in [2.75, 3.05) is 0 Å². The molecule has 6 nitrogen and oxygen atoms in total. The van der Waals surface area contributed by atoms with Crippen molar-refractivity contribution in [1.29, 1.82) is 0 Å². The Labute approximate surface area is 127 Å². The number of carbonyl (C=O) groups excluding carboxylic acids is 2. The van der Waals surface area contributed by atoms with Crippen molar-refractivity contribution in [2.24, 2.45) is 16.1 Å². The summed E-state index contributed by atoms with van der Waals surface area (Å²) in [6, 6.07) is 7.07. The summed E-state index contributed by atoms with van der Waals surface area (Å²) in [6.45, 7) is 1.76. The Bertz CT molecular complexity index is 595. The van der Waals surface area contributed by atoms with Crippen molar-refractivity contribution in [3.63, 3.8) is 0 Å². The zero-order chi connectivity index (χ0) is 15.2. The molecule has 1 aromatic carbocycles. The summed E-state index contributed by atoms with van der Waals surface area (Å²) < 4.78 is 0. The molecule has 1 aliphatic rings. The number of halogens is 1. The Kier molecular flexibility index (Phi) is 5.05. The Morgan fingerprint density at radius 3 is 2.81 bits per heavy atom. The fourth-order valence-electron chi connectivity index (χ4n) is 1.89. The van der Waals surface area contributed by atoms with Gasteiger partial charge in [0.05, 0.1) is 12.1 Å². The second-order valence-corrected chi connectivity index (χ2v) is 5.10. The maximum absolute atomic E-state index is 11.6. The molecule has 0 spiro atoms. The first kappa shape index (κ1) is 15.2. The minimum absolute atomic E-state index is 0.162. The summed E-state index contributed by atoms with van der Waals surface area (Å²) in [6.07, 6.45) is 2.16. The van der Waals surface area contributed by atoms with Crippen LogP contribution in [0, 0.1) is 5.92 Å². The van der Waals surface area contributed by atoms with E-state index in [9.17, 15) is 9.59 Å². The van der Waals surface area contributed by atoms with E-state index in [2.05, 4.69) is 21.1 Å². The molecule has 1 heterocycles. The lowest BCUT2D eigenvalue weighted by Gasteiger charge is -2.06. The van der Waals surface area contributed by atoms with Crippen LogP contribution in [0.5, 0.6) is 0 Å². The Morgan fingerprint density at radius 1 is 1.48 bits per heavy atom. The summed E-state index contributed by atoms with van der Waals surface area (Å²) >= 11 is 5.77. The SMILES string of the molecule is CC1=NNC(=O)C1CCC(=O)N/N=C/c1ccc(Cl)cc1. The van der Waals surface area contributed by atoms with Crippen molar-refractivity contribution in [3.05, 3.63) is 34.9 Å². The van der Waals surface area contributed by atoms with Gasteiger partial charge in [0, 0.05) is 17.2 Å². The standard InChI is InChI=1S/C14H15ClN4O2/c1-9-12(14(21)19-17-9)6-7-13(20)18-16-8-10-2-4-11(15)5-3-10/h2-5,8,12H,6-7H2,1H3,(H,18,20)(H,19,21)/b16-8+. The number of hydrazone groups is 2. The molecule has 2 rings (SSSR count). The number of carbonyl (C=O) groups is 2. The summed E-state index contributed by atoms with van der Waals surface area (Å²) in [5.74, 6) is -0.728. The van der Waals surface area contributed by atoms with Gasteiger partial charge in [-0.3, -0.25) is 9.59 Å². The molecule has 0 saturated heterocycles. The highest BCUT2D eigenvalue weighted by molar-refractivity contribution is 6.30. The molecule has 0 bridgehead atoms. The Balaban J connectivity index is 1.76. The van der Waals surface area contributed by atoms with E-state index in [1.165, 1.54) is 6.21 Å². The van der Waals surface area contributed by atoms with Crippen molar-refractivity contribution in [3.8, 4) is 0 Å². The molecular formula is C14H15ClN4O2. The van der Waals surface area contributed by atoms with Crippen LogP contribution in [0.4, 0.5) is 0 Å². The van der Waals surface area contributed by atoms with Crippen LogP contribution in [0.25, 0.3) is 0 Å². The van der Waals surface area contributed by atoms with E-state index < -0.39 is 0 Å². The molecule has 1 unspecified atom stereocenters. The number of hydrogen-bond acceptors (Lipinski definition) is 4. The van der Waals surface area contributed by atoms with Gasteiger partial charge in [0.2, 0.25) is 11.8 Å². The topological polar surface area (TPSA) is 82.9 Å². The molecule has 0 fully saturated rings. The fourth-order valence-corrected chi connectivity index (χ4v) is 2.01. The fraction of sp³-hybridized carbons (Fsp3) is 0.286. The number of nitrogens with zero attached hydrogens (tertiary/aromatic N) is 2. The first-order chi connectivity index (χ1) is 10.1. The maximum atomic E-state index is 11.6. The number of nitrogens with one attached hydrogen (secondary N) is 2. The van der Waals surface area contributed by atoms with E-state index in [0.29, 0.717) is 17.2 Å². The first-order valence-corrected chi connectivity index (χ1v) is 6.85. The van der Waals surface area contributed by atoms with Crippen LogP contribution in [-0.4, -0.2) is 23.7 Å². The maximum Gasteiger partial charge on any atom is 0.248 e. The Hall–Kier alpha value is -2.21. The van der Waals surface area contributed by atoms with Crippen LogP contribution < -0.4 is 10.9 Å². The van der Waals surface area contributed by atoms with E-state index in [0.717, 1.165) is 5.56 Å². The van der Waals surface area contributed by atoms with Crippen LogP contribution in [0.3, 0.4) is 0 Å². The lowest BCUT2D eigenvalue weighted by molar-refractivity contribution is -0.123. The molecule has 0 aromatic heterocycles. The van der Waals surface area contributed by atoms with E-state index in [1.54, 1.807) is 31.2 Å². The summed E-state index contributed by atoms with van der Waals surface area (Å²) in [5, 5.41) is 8.33. The number of benzene rings is 1. The quantitative estimate of drug-likeness (QED) is 0.641. The van der Waals surface area contributed by atoms with Crippen LogP contribution in [0.2, 0.25) is 5.02 Å². The van der Waals surface area contributed by atoms with Gasteiger partial charge in [0.1, 0.15) is 0 Å². The van der Waals surface area contributed by atoms with E-state index in [-0.39, 0.29) is 24.2 Å². The zero-order valence-corrected chi connectivity index (χ0v) is 12.2. The summed E-state index contributed by atoms with van der Waals surface area (Å²) in [4.78, 5) is 23.1. The van der Waals surface area contributed by atoms with Gasteiger partial charge < -0.3 is 0 Å². The van der Waals surface area contributed by atoms with E-state index in [4.69, 9.17) is 11.6 Å². The third-order valence-electron chi connectivity index (χ3n) is 3.10. The molecule has 1 aliphatic heterocycles. The highest BCUT2D eigenvalue weighted by Gasteiger charge is 2.26. The predicted molar refractivity (Wildman–Crippen MR) is 81.2 cm³/mol. The molecule has 2 N–H and O–H groups in total. The van der Waals surface area contributed by atoms with Crippen molar-refractivity contribution in [2.45, 2.75) is 19.8 Å². The van der Waals surface area contributed by atoms with Gasteiger partial charge in [-0.05, 0) is 31.0 Å². The monoisotopic (exact) mass is 306 g/mol. The van der Waals surface area contributed by atoms with Gasteiger partial charge in [-0.2, -0.15) is 10.2 Å². The number of amides is 2. The highest BCUT2D eigenvalue weighted by atomic mass is 35.5. The molecule has 0 aliphatic carbocycles. The minimum atomic E-state index is -0.323.